The molecule has 10 nitrogen and oxygen atoms in total. The van der Waals surface area contributed by atoms with Gasteiger partial charge in [0.05, 0.1) is 12.2 Å². The van der Waals surface area contributed by atoms with Crippen LogP contribution >= 0.6 is 0 Å². The minimum atomic E-state index is -0.834. The number of esters is 1. The summed E-state index contributed by atoms with van der Waals surface area (Å²) >= 11 is 0. The van der Waals surface area contributed by atoms with Crippen LogP contribution in [0.4, 0.5) is 0 Å². The number of carbonyl (C=O) groups excluding carboxylic acids is 2. The Hall–Kier alpha value is -3.24. The Balaban J connectivity index is 1.97. The largest absolute Gasteiger partial charge is 0.458 e. The smallest absolute Gasteiger partial charge is 0.306 e. The molecule has 0 unspecified atom stereocenters. The van der Waals surface area contributed by atoms with Gasteiger partial charge in [0.1, 0.15) is 12.2 Å². The van der Waals surface area contributed by atoms with Crippen molar-refractivity contribution in [3.8, 4) is 0 Å². The molecule has 0 spiro atoms. The average molecular weight is 575 g/mol. The van der Waals surface area contributed by atoms with Gasteiger partial charge in [-0.05, 0) is 76.4 Å². The zero-order valence-corrected chi connectivity index (χ0v) is 24.2. The van der Waals surface area contributed by atoms with Crippen LogP contribution in [0.5, 0.6) is 0 Å². The van der Waals surface area contributed by atoms with Crippen molar-refractivity contribution in [3.05, 3.63) is 70.3 Å². The number of hydrogen-bond acceptors (Lipinski definition) is 8. The number of aliphatic hydroxyl groups is 2. The van der Waals surface area contributed by atoms with Gasteiger partial charge in [0, 0.05) is 31.7 Å². The first-order valence-electron chi connectivity index (χ1n) is 14.7. The third-order valence-corrected chi connectivity index (χ3v) is 7.29. The monoisotopic (exact) mass is 574 g/mol. The molecular formula is C31H46N2O8. The number of rotatable bonds is 19. The van der Waals surface area contributed by atoms with E-state index in [1.165, 1.54) is 0 Å². The molecule has 41 heavy (non-hydrogen) atoms. The molecule has 0 aliphatic heterocycles. The maximum Gasteiger partial charge on any atom is 0.306 e. The molecular weight excluding hydrogens is 528 g/mol. The lowest BCUT2D eigenvalue weighted by molar-refractivity contribution is -0.767. The van der Waals surface area contributed by atoms with E-state index in [1.807, 2.05) is 61.6 Å². The number of ether oxygens (including phenoxy) is 1. The highest BCUT2D eigenvalue weighted by molar-refractivity contribution is 5.75. The van der Waals surface area contributed by atoms with Crippen molar-refractivity contribution in [2.75, 3.05) is 6.54 Å². The number of amides is 1. The molecule has 6 atom stereocenters. The van der Waals surface area contributed by atoms with Crippen LogP contribution in [-0.4, -0.2) is 58.1 Å². The Bertz CT molecular complexity index is 984. The van der Waals surface area contributed by atoms with Crippen LogP contribution in [0.3, 0.4) is 0 Å². The number of nitrogens with one attached hydrogen (secondary N) is 1. The number of aliphatic hydroxyl groups excluding tert-OH is 2. The van der Waals surface area contributed by atoms with E-state index < -0.39 is 35.5 Å². The summed E-state index contributed by atoms with van der Waals surface area (Å²) < 4.78 is 5.76. The fourth-order valence-electron chi connectivity index (χ4n) is 5.11. The molecule has 228 valence electrons. The van der Waals surface area contributed by atoms with E-state index in [0.717, 1.165) is 18.4 Å². The van der Waals surface area contributed by atoms with E-state index in [1.54, 1.807) is 6.92 Å². The van der Waals surface area contributed by atoms with Gasteiger partial charge in [0.15, 0.2) is 0 Å². The van der Waals surface area contributed by atoms with Crippen molar-refractivity contribution in [2.45, 2.75) is 102 Å². The third-order valence-electron chi connectivity index (χ3n) is 7.29. The number of hydrogen-bond donors (Lipinski definition) is 3. The molecule has 1 saturated carbocycles. The quantitative estimate of drug-likeness (QED) is 0.0721. The molecule has 0 aromatic heterocycles. The summed E-state index contributed by atoms with van der Waals surface area (Å²) in [5.41, 5.74) is 1.11. The normalized spacial score (nSPS) is 22.0. The van der Waals surface area contributed by atoms with Crippen LogP contribution in [0.1, 0.15) is 77.2 Å². The minimum absolute atomic E-state index is 0.0429. The fourth-order valence-corrected chi connectivity index (χ4v) is 5.11. The molecule has 1 amide bonds. The second-order valence-electron chi connectivity index (χ2n) is 10.6. The minimum Gasteiger partial charge on any atom is -0.458 e. The van der Waals surface area contributed by atoms with Crippen LogP contribution in [0.25, 0.3) is 0 Å². The highest BCUT2D eigenvalue weighted by atomic mass is 17.0. The molecule has 10 heteroatoms. The molecule has 0 bridgehead atoms. The lowest BCUT2D eigenvalue weighted by atomic mass is 9.89. The first-order chi connectivity index (χ1) is 19.7. The van der Waals surface area contributed by atoms with Crippen molar-refractivity contribution >= 4 is 11.9 Å². The standard InChI is InChI=1S/C31H46N2O8/c1-3-32-30(36)16-10-5-4-9-15-26-27(29(35)22-28(26)34)21-20-25(19-18-24-13-7-6-8-14-24)40-31(37)17-11-12-23(2)41-33(38)39/h4,6-9,13-14,20-21,23,25-29,34-35H,3,5,10-12,15-19,22H2,1-2H3,(H,32,36)/b9-4-,21-20+/t23-,25-,26+,27+,28-,29+/m0/s1. The second-order valence-corrected chi connectivity index (χ2v) is 10.6. The van der Waals surface area contributed by atoms with Gasteiger partial charge >= 0.3 is 5.97 Å². The van der Waals surface area contributed by atoms with Crippen molar-refractivity contribution in [2.24, 2.45) is 11.8 Å². The number of nitrogens with zero attached hydrogens (tertiary/aromatic N) is 1. The first-order valence-corrected chi connectivity index (χ1v) is 14.7. The SMILES string of the molecule is CCNC(=O)CCC/C=C\C[C@@H]1[C@@H](/C=C/[C@H](CCc2ccccc2)OC(=O)CCC[C@H](C)O[N+](=O)[O-])[C@H](O)C[C@@H]1O. The van der Waals surface area contributed by atoms with E-state index in [2.05, 4.69) is 10.2 Å². The van der Waals surface area contributed by atoms with Gasteiger partial charge in [-0.1, -0.05) is 48.6 Å². The molecule has 1 aliphatic carbocycles. The van der Waals surface area contributed by atoms with E-state index in [0.29, 0.717) is 45.1 Å². The van der Waals surface area contributed by atoms with Gasteiger partial charge in [-0.3, -0.25) is 9.59 Å². The molecule has 1 aromatic carbocycles. The lowest BCUT2D eigenvalue weighted by Crippen LogP contribution is -2.22. The topological polar surface area (TPSA) is 148 Å². The molecule has 0 radical (unpaired) electrons. The predicted molar refractivity (Wildman–Crippen MR) is 155 cm³/mol. The average Bonchev–Trinajstić information content (AvgIpc) is 3.19. The maximum absolute atomic E-state index is 12.6. The van der Waals surface area contributed by atoms with Crippen molar-refractivity contribution in [1.29, 1.82) is 0 Å². The number of unbranched alkanes of at least 4 members (excludes halogenated alkanes) is 1. The molecule has 1 aromatic rings. The van der Waals surface area contributed by atoms with Gasteiger partial charge in [-0.25, -0.2) is 0 Å². The van der Waals surface area contributed by atoms with E-state index in [9.17, 15) is 29.9 Å². The van der Waals surface area contributed by atoms with Crippen LogP contribution in [-0.2, 0) is 25.6 Å². The molecule has 1 aliphatic rings. The van der Waals surface area contributed by atoms with Crippen LogP contribution in [0.2, 0.25) is 0 Å². The summed E-state index contributed by atoms with van der Waals surface area (Å²) in [5, 5.41) is 33.7. The molecule has 2 rings (SSSR count). The van der Waals surface area contributed by atoms with Crippen molar-refractivity contribution in [3.63, 3.8) is 0 Å². The number of benzene rings is 1. The van der Waals surface area contributed by atoms with E-state index >= 15 is 0 Å². The van der Waals surface area contributed by atoms with E-state index in [-0.39, 0.29) is 30.6 Å². The van der Waals surface area contributed by atoms with Gasteiger partial charge in [-0.15, -0.1) is 10.1 Å². The highest BCUT2D eigenvalue weighted by Crippen LogP contribution is 2.36. The van der Waals surface area contributed by atoms with Crippen LogP contribution in [0.15, 0.2) is 54.6 Å². The Morgan fingerprint density at radius 2 is 1.88 bits per heavy atom. The summed E-state index contributed by atoms with van der Waals surface area (Å²) in [5.74, 6) is -0.820. The second kappa shape index (κ2) is 19.0. The summed E-state index contributed by atoms with van der Waals surface area (Å²) in [4.78, 5) is 39.1. The van der Waals surface area contributed by atoms with Crippen LogP contribution in [0, 0.1) is 22.0 Å². The summed E-state index contributed by atoms with van der Waals surface area (Å²) in [6.45, 7) is 4.10. The van der Waals surface area contributed by atoms with Gasteiger partial charge in [0.25, 0.3) is 5.09 Å². The molecule has 0 heterocycles. The Morgan fingerprint density at radius 3 is 2.59 bits per heavy atom. The summed E-state index contributed by atoms with van der Waals surface area (Å²) in [7, 11) is 0. The highest BCUT2D eigenvalue weighted by Gasteiger charge is 2.39. The number of aryl methyl sites for hydroxylation is 1. The zero-order chi connectivity index (χ0) is 30.0. The van der Waals surface area contributed by atoms with Crippen molar-refractivity contribution in [1.82, 2.24) is 5.32 Å². The van der Waals surface area contributed by atoms with Gasteiger partial charge < -0.3 is 25.1 Å². The predicted octanol–water partition coefficient (Wildman–Crippen LogP) is 4.46. The fraction of sp³-hybridized carbons (Fsp3) is 0.613. The third kappa shape index (κ3) is 13.8. The lowest BCUT2D eigenvalue weighted by Gasteiger charge is -2.21. The van der Waals surface area contributed by atoms with E-state index in [4.69, 9.17) is 4.74 Å². The molecule has 3 N–H and O–H groups in total. The molecule has 0 saturated heterocycles. The van der Waals surface area contributed by atoms with Crippen LogP contribution < -0.4 is 5.32 Å². The van der Waals surface area contributed by atoms with Gasteiger partial charge in [-0.2, -0.15) is 0 Å². The summed E-state index contributed by atoms with van der Waals surface area (Å²) in [6.07, 6.45) is 10.2. The number of allylic oxidation sites excluding steroid dienone is 2. The maximum atomic E-state index is 12.6. The first kappa shape index (κ1) is 34.0. The zero-order valence-electron chi connectivity index (χ0n) is 24.2. The van der Waals surface area contributed by atoms with Crippen molar-refractivity contribution < 1.29 is 34.5 Å². The Labute approximate surface area is 242 Å². The Kier molecular flexibility index (Phi) is 15.7. The molecule has 1 fully saturated rings. The summed E-state index contributed by atoms with van der Waals surface area (Å²) in [6, 6.07) is 9.86. The number of carbonyl (C=O) groups is 2. The Morgan fingerprint density at radius 1 is 1.12 bits per heavy atom. The van der Waals surface area contributed by atoms with Gasteiger partial charge in [0.2, 0.25) is 5.91 Å².